The molecule has 0 radical (unpaired) electrons. The van der Waals surface area contributed by atoms with Crippen LogP contribution in [-0.4, -0.2) is 32.2 Å². The van der Waals surface area contributed by atoms with Crippen molar-refractivity contribution in [2.75, 3.05) is 5.32 Å². The highest BCUT2D eigenvalue weighted by molar-refractivity contribution is 5.57. The first-order chi connectivity index (χ1) is 11.8. The SMILES string of the molecule is CC1(C)CC(Nc2ccnc(-c3ccc(CO)cc3)n2)CC(C)(C)N1. The zero-order valence-corrected chi connectivity index (χ0v) is 15.5. The quantitative estimate of drug-likeness (QED) is 0.796. The van der Waals surface area contributed by atoms with E-state index in [1.54, 1.807) is 6.20 Å². The minimum absolute atomic E-state index is 0.0457. The number of rotatable bonds is 4. The third kappa shape index (κ3) is 4.55. The number of hydrogen-bond acceptors (Lipinski definition) is 5. The van der Waals surface area contributed by atoms with Gasteiger partial charge < -0.3 is 15.7 Å². The molecule has 2 heterocycles. The van der Waals surface area contributed by atoms with Gasteiger partial charge in [0.1, 0.15) is 5.82 Å². The van der Waals surface area contributed by atoms with Gasteiger partial charge in [0.2, 0.25) is 0 Å². The van der Waals surface area contributed by atoms with E-state index in [1.165, 1.54) is 0 Å². The highest BCUT2D eigenvalue weighted by Crippen LogP contribution is 2.30. The first-order valence-corrected chi connectivity index (χ1v) is 8.85. The summed E-state index contributed by atoms with van der Waals surface area (Å²) < 4.78 is 0. The average Bonchev–Trinajstić information content (AvgIpc) is 2.52. The van der Waals surface area contributed by atoms with Crippen LogP contribution in [0.5, 0.6) is 0 Å². The number of nitrogens with one attached hydrogen (secondary N) is 2. The number of nitrogens with zero attached hydrogens (tertiary/aromatic N) is 2. The van der Waals surface area contributed by atoms with Crippen LogP contribution in [0.15, 0.2) is 36.5 Å². The van der Waals surface area contributed by atoms with Crippen LogP contribution in [0.4, 0.5) is 5.82 Å². The molecule has 0 saturated carbocycles. The summed E-state index contributed by atoms with van der Waals surface area (Å²) in [5, 5.41) is 16.5. The minimum Gasteiger partial charge on any atom is -0.392 e. The number of aliphatic hydroxyl groups is 1. The molecule has 1 aliphatic rings. The number of piperidine rings is 1. The molecule has 1 aliphatic heterocycles. The van der Waals surface area contributed by atoms with E-state index in [2.05, 4.69) is 48.3 Å². The van der Waals surface area contributed by atoms with E-state index in [0.29, 0.717) is 11.9 Å². The molecule has 1 aromatic carbocycles. The van der Waals surface area contributed by atoms with Gasteiger partial charge in [-0.25, -0.2) is 9.97 Å². The second kappa shape index (κ2) is 6.73. The van der Waals surface area contributed by atoms with E-state index >= 15 is 0 Å². The molecular formula is C20H28N4O. The van der Waals surface area contributed by atoms with Crippen LogP contribution in [-0.2, 0) is 6.61 Å². The second-order valence-corrected chi connectivity index (χ2v) is 8.26. The molecule has 3 N–H and O–H groups in total. The lowest BCUT2D eigenvalue weighted by atomic mass is 9.79. The number of benzene rings is 1. The Kier molecular flexibility index (Phi) is 4.80. The summed E-state index contributed by atoms with van der Waals surface area (Å²) in [6.07, 6.45) is 3.88. The summed E-state index contributed by atoms with van der Waals surface area (Å²) in [5.74, 6) is 1.55. The fraction of sp³-hybridized carbons (Fsp3) is 0.500. The van der Waals surface area contributed by atoms with Crippen molar-refractivity contribution in [1.29, 1.82) is 0 Å². The smallest absolute Gasteiger partial charge is 0.161 e. The molecule has 1 aromatic heterocycles. The van der Waals surface area contributed by atoms with Gasteiger partial charge in [-0.2, -0.15) is 0 Å². The Balaban J connectivity index is 1.77. The maximum Gasteiger partial charge on any atom is 0.161 e. The van der Waals surface area contributed by atoms with Gasteiger partial charge in [-0.3, -0.25) is 0 Å². The minimum atomic E-state index is 0.0457. The molecule has 0 unspecified atom stereocenters. The van der Waals surface area contributed by atoms with Crippen LogP contribution in [0, 0.1) is 0 Å². The van der Waals surface area contributed by atoms with Gasteiger partial charge in [0.15, 0.2) is 5.82 Å². The first-order valence-electron chi connectivity index (χ1n) is 8.85. The summed E-state index contributed by atoms with van der Waals surface area (Å²) in [6.45, 7) is 9.03. The maximum atomic E-state index is 9.16. The summed E-state index contributed by atoms with van der Waals surface area (Å²) >= 11 is 0. The molecule has 3 rings (SSSR count). The van der Waals surface area contributed by atoms with E-state index in [-0.39, 0.29) is 17.7 Å². The highest BCUT2D eigenvalue weighted by Gasteiger charge is 2.37. The van der Waals surface area contributed by atoms with Crippen molar-refractivity contribution in [2.45, 2.75) is 64.3 Å². The lowest BCUT2D eigenvalue weighted by Gasteiger charge is -2.46. The van der Waals surface area contributed by atoms with Crippen molar-refractivity contribution in [3.63, 3.8) is 0 Å². The Hall–Kier alpha value is -1.98. The summed E-state index contributed by atoms with van der Waals surface area (Å²) in [4.78, 5) is 9.07. The Morgan fingerprint density at radius 2 is 1.72 bits per heavy atom. The normalized spacial score (nSPS) is 19.6. The van der Waals surface area contributed by atoms with Gasteiger partial charge in [0.05, 0.1) is 6.61 Å². The molecule has 25 heavy (non-hydrogen) atoms. The summed E-state index contributed by atoms with van der Waals surface area (Å²) in [6, 6.07) is 9.98. The van der Waals surface area contributed by atoms with Crippen molar-refractivity contribution < 1.29 is 5.11 Å². The molecular weight excluding hydrogens is 312 g/mol. The maximum absolute atomic E-state index is 9.16. The van der Waals surface area contributed by atoms with E-state index in [0.717, 1.165) is 29.8 Å². The summed E-state index contributed by atoms with van der Waals surface area (Å²) in [5.41, 5.74) is 2.02. The molecule has 5 heteroatoms. The van der Waals surface area contributed by atoms with Gasteiger partial charge in [0, 0.05) is 28.9 Å². The lowest BCUT2D eigenvalue weighted by molar-refractivity contribution is 0.170. The molecule has 2 aromatic rings. The van der Waals surface area contributed by atoms with Crippen LogP contribution < -0.4 is 10.6 Å². The molecule has 0 aliphatic carbocycles. The molecule has 1 saturated heterocycles. The zero-order chi connectivity index (χ0) is 18.1. The summed E-state index contributed by atoms with van der Waals surface area (Å²) in [7, 11) is 0. The standard InChI is InChI=1S/C20H28N4O/c1-19(2)11-16(12-20(3,4)24-19)22-17-9-10-21-18(23-17)15-7-5-14(13-25)6-8-15/h5-10,16,24-25H,11-13H2,1-4H3,(H,21,22,23). The second-order valence-electron chi connectivity index (χ2n) is 8.26. The molecule has 0 amide bonds. The van der Waals surface area contributed by atoms with Crippen LogP contribution in [0.2, 0.25) is 0 Å². The van der Waals surface area contributed by atoms with Crippen molar-refractivity contribution in [1.82, 2.24) is 15.3 Å². The molecule has 0 spiro atoms. The Morgan fingerprint density at radius 1 is 1.08 bits per heavy atom. The van der Waals surface area contributed by atoms with Crippen molar-refractivity contribution in [3.8, 4) is 11.4 Å². The number of anilines is 1. The average molecular weight is 340 g/mol. The number of aromatic nitrogens is 2. The van der Waals surface area contributed by atoms with Gasteiger partial charge in [-0.1, -0.05) is 24.3 Å². The zero-order valence-electron chi connectivity index (χ0n) is 15.5. The predicted octanol–water partition coefficient (Wildman–Crippen LogP) is 3.36. The molecule has 0 bridgehead atoms. The van der Waals surface area contributed by atoms with Gasteiger partial charge >= 0.3 is 0 Å². The first kappa shape index (κ1) is 17.8. The highest BCUT2D eigenvalue weighted by atomic mass is 16.3. The predicted molar refractivity (Wildman–Crippen MR) is 101 cm³/mol. The third-order valence-electron chi connectivity index (χ3n) is 4.59. The third-order valence-corrected chi connectivity index (χ3v) is 4.59. The Labute approximate surface area is 149 Å². The molecule has 134 valence electrons. The largest absolute Gasteiger partial charge is 0.392 e. The van der Waals surface area contributed by atoms with Crippen molar-refractivity contribution in [3.05, 3.63) is 42.1 Å². The fourth-order valence-corrected chi connectivity index (χ4v) is 3.97. The van der Waals surface area contributed by atoms with Crippen molar-refractivity contribution in [2.24, 2.45) is 0 Å². The monoisotopic (exact) mass is 340 g/mol. The van der Waals surface area contributed by atoms with Crippen LogP contribution in [0.3, 0.4) is 0 Å². The van der Waals surface area contributed by atoms with E-state index in [4.69, 9.17) is 5.11 Å². The molecule has 1 fully saturated rings. The van der Waals surface area contributed by atoms with Gasteiger partial charge in [-0.15, -0.1) is 0 Å². The Bertz CT molecular complexity index is 709. The van der Waals surface area contributed by atoms with Gasteiger partial charge in [0.25, 0.3) is 0 Å². The molecule has 5 nitrogen and oxygen atoms in total. The fourth-order valence-electron chi connectivity index (χ4n) is 3.97. The number of aliphatic hydroxyl groups excluding tert-OH is 1. The van der Waals surface area contributed by atoms with Gasteiger partial charge in [-0.05, 0) is 52.2 Å². The van der Waals surface area contributed by atoms with E-state index < -0.39 is 0 Å². The topological polar surface area (TPSA) is 70.1 Å². The van der Waals surface area contributed by atoms with Crippen LogP contribution in [0.1, 0.15) is 46.1 Å². The lowest BCUT2D eigenvalue weighted by Crippen LogP contribution is -2.60. The van der Waals surface area contributed by atoms with E-state index in [1.807, 2.05) is 30.3 Å². The van der Waals surface area contributed by atoms with Crippen molar-refractivity contribution >= 4 is 5.82 Å². The number of hydrogen-bond donors (Lipinski definition) is 3. The van der Waals surface area contributed by atoms with Crippen LogP contribution in [0.25, 0.3) is 11.4 Å². The molecule has 0 atom stereocenters. The Morgan fingerprint density at radius 3 is 2.32 bits per heavy atom. The van der Waals surface area contributed by atoms with Crippen LogP contribution >= 0.6 is 0 Å². The van der Waals surface area contributed by atoms with E-state index in [9.17, 15) is 0 Å².